The van der Waals surface area contributed by atoms with Crippen molar-refractivity contribution < 1.29 is 45.1 Å². The molecule has 0 unspecified atom stereocenters. The van der Waals surface area contributed by atoms with Crippen molar-refractivity contribution in [1.29, 1.82) is 0 Å². The molecule has 6 aliphatic heterocycles. The van der Waals surface area contributed by atoms with Crippen molar-refractivity contribution in [2.24, 2.45) is 0 Å². The smallest absolute Gasteiger partial charge is 0.266 e. The Morgan fingerprint density at radius 3 is 0.865 bits per heavy atom. The first-order chi connectivity index (χ1) is 50.0. The number of halogens is 4. The van der Waals surface area contributed by atoms with Gasteiger partial charge in [0, 0.05) is 167 Å². The average molecular weight is 1440 g/mol. The van der Waals surface area contributed by atoms with Crippen LogP contribution >= 0.6 is 0 Å². The molecule has 4 aromatic carbocycles. The van der Waals surface area contributed by atoms with Crippen LogP contribution in [-0.4, -0.2) is 251 Å². The van der Waals surface area contributed by atoms with Gasteiger partial charge in [0.25, 0.3) is 47.4 Å². The molecule has 0 saturated carbocycles. The van der Waals surface area contributed by atoms with Crippen LogP contribution in [0.5, 0.6) is 11.5 Å². The van der Waals surface area contributed by atoms with Crippen molar-refractivity contribution in [2.45, 2.75) is 145 Å². The number of anilines is 4. The minimum absolute atomic E-state index is 0.173. The standard InChI is InChI=1S/C22H32FN5O2.C21H30FN5O.C17H23FN4O2.C16H21FN4O/c1-15(2)26-9-11-27(12-10-26)17-5-7-28(8-6-17)22-24-21(30-25-22)18-14-20(29-4)16(3)13-19(18)23;1-15(2)25-10-12-26(13-11-25)17-6-8-27(9-7-17)21-23-20(28-24-21)18-5-4-16(3)14-19(18)22;1-11(2)21-5-7-22(8-6-21)17-19-16(24-20-17)13-10-15(23-4)12(3)9-14(13)18;1-11(2)20-6-8-21(9-7-20)16-18-15(22-19-16)13-5-4-12(3)10-14(13)17/h13-15,17H,5-12H2,1-4H3;4-5,14-15,17H,6-13H2,1-3H3;9-11H,5-8H2,1-4H3;4-5,10-11H,6-9H2,1-3H3. The Labute approximate surface area is 609 Å². The fraction of sp³-hybridized carbons (Fsp3) is 0.579. The van der Waals surface area contributed by atoms with Gasteiger partial charge in [-0.1, -0.05) is 12.1 Å². The Kier molecular flexibility index (Phi) is 26.0. The van der Waals surface area contributed by atoms with Crippen molar-refractivity contribution in [2.75, 3.05) is 165 Å². The van der Waals surface area contributed by atoms with Crippen LogP contribution in [0.25, 0.3) is 45.8 Å². The molecular weight excluding hydrogens is 1340 g/mol. The monoisotopic (exact) mass is 1440 g/mol. The van der Waals surface area contributed by atoms with Gasteiger partial charge in [-0.3, -0.25) is 29.4 Å². The van der Waals surface area contributed by atoms with Gasteiger partial charge in [-0.25, -0.2) is 17.6 Å². The zero-order valence-electron chi connectivity index (χ0n) is 63.2. The summed E-state index contributed by atoms with van der Waals surface area (Å²) in [6.45, 7) is 45.2. The summed E-state index contributed by atoms with van der Waals surface area (Å²) in [6, 6.07) is 19.7. The van der Waals surface area contributed by atoms with Crippen molar-refractivity contribution >= 4 is 23.8 Å². The molecule has 24 nitrogen and oxygen atoms in total. The molecule has 0 aliphatic carbocycles. The second-order valence-electron chi connectivity index (χ2n) is 29.2. The molecular formula is C76H106F4N18O6. The first-order valence-electron chi connectivity index (χ1n) is 37.0. The summed E-state index contributed by atoms with van der Waals surface area (Å²) in [4.78, 5) is 41.3. The summed E-state index contributed by atoms with van der Waals surface area (Å²) < 4.78 is 88.6. The number of piperidine rings is 2. The van der Waals surface area contributed by atoms with Gasteiger partial charge in [0.1, 0.15) is 34.8 Å². The van der Waals surface area contributed by atoms with Crippen molar-refractivity contribution in [3.63, 3.8) is 0 Å². The lowest BCUT2D eigenvalue weighted by molar-refractivity contribution is 0.0691. The predicted octanol–water partition coefficient (Wildman–Crippen LogP) is 11.8. The van der Waals surface area contributed by atoms with E-state index in [0.29, 0.717) is 82.7 Å². The van der Waals surface area contributed by atoms with Crippen LogP contribution in [0.15, 0.2) is 78.8 Å². The van der Waals surface area contributed by atoms with Gasteiger partial charge < -0.3 is 47.2 Å². The molecule has 0 radical (unpaired) electrons. The van der Waals surface area contributed by atoms with Gasteiger partial charge in [-0.2, -0.15) is 19.9 Å². The van der Waals surface area contributed by atoms with Crippen molar-refractivity contribution in [1.82, 2.24) is 70.0 Å². The number of aryl methyl sites for hydroxylation is 4. The number of ether oxygens (including phenoxy) is 2. The van der Waals surface area contributed by atoms with Crippen molar-refractivity contribution in [3.8, 4) is 57.3 Å². The lowest BCUT2D eigenvalue weighted by atomic mass is 10.0. The summed E-state index contributed by atoms with van der Waals surface area (Å²) in [5, 5.41) is 16.2. The van der Waals surface area contributed by atoms with Gasteiger partial charge in [0.15, 0.2) is 0 Å². The van der Waals surface area contributed by atoms with Gasteiger partial charge in [-0.05, 0) is 200 Å². The molecule has 4 aromatic heterocycles. The maximum absolute atomic E-state index is 14.4. The SMILES string of the molecule is COc1cc(-c2nc(N3CCC(N4CCN(C(C)C)CC4)CC3)no2)c(F)cc1C.COc1cc(-c2nc(N3CCN(C(C)C)CC3)no2)c(F)cc1C.Cc1ccc(-c2nc(N3CCC(N4CCN(C(C)C)CC4)CC3)no2)c(F)c1.Cc1ccc(-c2nc(N3CCN(C(C)C)CC3)no2)c(F)c1. The fourth-order valence-electron chi connectivity index (χ4n) is 14.5. The van der Waals surface area contributed by atoms with E-state index in [-0.39, 0.29) is 52.1 Å². The average Bonchev–Trinajstić information content (AvgIpc) is 1.64. The van der Waals surface area contributed by atoms with E-state index in [2.05, 4.69) is 145 Å². The van der Waals surface area contributed by atoms with Crippen LogP contribution in [0.3, 0.4) is 0 Å². The molecule has 0 bridgehead atoms. The second kappa shape index (κ2) is 35.2. The predicted molar refractivity (Wildman–Crippen MR) is 396 cm³/mol. The zero-order valence-corrected chi connectivity index (χ0v) is 63.2. The van der Waals surface area contributed by atoms with Crippen LogP contribution in [-0.2, 0) is 0 Å². The van der Waals surface area contributed by atoms with Crippen LogP contribution in [0, 0.1) is 51.0 Å². The first-order valence-corrected chi connectivity index (χ1v) is 37.0. The molecule has 6 aliphatic rings. The van der Waals surface area contributed by atoms with E-state index in [9.17, 15) is 17.6 Å². The topological polar surface area (TPSA) is 207 Å². The van der Waals surface area contributed by atoms with Gasteiger partial charge >= 0.3 is 0 Å². The van der Waals surface area contributed by atoms with Gasteiger partial charge in [-0.15, -0.1) is 0 Å². The quantitative estimate of drug-likeness (QED) is 0.0824. The molecule has 8 aromatic rings. The highest BCUT2D eigenvalue weighted by molar-refractivity contribution is 5.62. The normalized spacial score (nSPS) is 18.3. The van der Waals surface area contributed by atoms with Crippen LogP contribution in [0.2, 0.25) is 0 Å². The van der Waals surface area contributed by atoms with Crippen LogP contribution < -0.4 is 29.1 Å². The highest BCUT2D eigenvalue weighted by atomic mass is 19.1. The third-order valence-corrected chi connectivity index (χ3v) is 21.1. The molecule has 0 atom stereocenters. The zero-order chi connectivity index (χ0) is 73.9. The molecule has 0 amide bonds. The first kappa shape index (κ1) is 76.8. The molecule has 0 N–H and O–H groups in total. The van der Waals surface area contributed by atoms with E-state index in [1.807, 2.05) is 26.0 Å². The van der Waals surface area contributed by atoms with Gasteiger partial charge in [0.2, 0.25) is 0 Å². The van der Waals surface area contributed by atoms with E-state index < -0.39 is 5.82 Å². The largest absolute Gasteiger partial charge is 0.496 e. The molecule has 10 heterocycles. The summed E-state index contributed by atoms with van der Waals surface area (Å²) in [6.07, 6.45) is 4.37. The van der Waals surface area contributed by atoms with E-state index in [1.165, 1.54) is 24.3 Å². The van der Waals surface area contributed by atoms with Crippen LogP contribution in [0.4, 0.5) is 41.4 Å². The number of piperazine rings is 4. The van der Waals surface area contributed by atoms with Crippen molar-refractivity contribution in [3.05, 3.63) is 106 Å². The Hall–Kier alpha value is -8.28. The summed E-state index contributed by atoms with van der Waals surface area (Å²) in [5.74, 6) is 2.75. The highest BCUT2D eigenvalue weighted by Crippen LogP contribution is 2.34. The maximum Gasteiger partial charge on any atom is 0.266 e. The summed E-state index contributed by atoms with van der Waals surface area (Å²) in [7, 11) is 3.12. The second-order valence-corrected chi connectivity index (χ2v) is 29.2. The number of methoxy groups -OCH3 is 2. The minimum atomic E-state index is -0.395. The Morgan fingerprint density at radius 1 is 0.337 bits per heavy atom. The molecule has 564 valence electrons. The fourth-order valence-corrected chi connectivity index (χ4v) is 14.5. The molecule has 104 heavy (non-hydrogen) atoms. The number of aromatic nitrogens is 8. The Morgan fingerprint density at radius 2 is 0.596 bits per heavy atom. The van der Waals surface area contributed by atoms with E-state index in [0.717, 1.165) is 179 Å². The Balaban J connectivity index is 0.000000140. The molecule has 6 fully saturated rings. The number of benzene rings is 4. The number of hydrogen-bond donors (Lipinski definition) is 0. The lowest BCUT2D eigenvalue weighted by Crippen LogP contribution is -2.54. The third kappa shape index (κ3) is 19.0. The molecule has 14 rings (SSSR count). The molecule has 6 saturated heterocycles. The number of nitrogens with zero attached hydrogens (tertiary/aromatic N) is 18. The summed E-state index contributed by atoms with van der Waals surface area (Å²) >= 11 is 0. The minimum Gasteiger partial charge on any atom is -0.496 e. The number of rotatable bonds is 16. The van der Waals surface area contributed by atoms with Gasteiger partial charge in [0.05, 0.1) is 36.5 Å². The van der Waals surface area contributed by atoms with E-state index in [4.69, 9.17) is 27.6 Å². The van der Waals surface area contributed by atoms with E-state index >= 15 is 0 Å². The molecule has 0 spiro atoms. The maximum atomic E-state index is 14.4. The Bertz CT molecular complexity index is 4020. The lowest BCUT2D eigenvalue weighted by Gasteiger charge is -2.43. The third-order valence-electron chi connectivity index (χ3n) is 21.1. The summed E-state index contributed by atoms with van der Waals surface area (Å²) in [5.41, 5.74) is 4.44. The molecule has 28 heteroatoms. The van der Waals surface area contributed by atoms with E-state index in [1.54, 1.807) is 52.3 Å². The highest BCUT2D eigenvalue weighted by Gasteiger charge is 2.33. The van der Waals surface area contributed by atoms with Crippen LogP contribution in [0.1, 0.15) is 103 Å². The number of hydrogen-bond acceptors (Lipinski definition) is 24.